The highest BCUT2D eigenvalue weighted by molar-refractivity contribution is 8.01. The lowest BCUT2D eigenvalue weighted by molar-refractivity contribution is -0.145. The molecule has 0 aliphatic heterocycles. The van der Waals surface area contributed by atoms with E-state index in [2.05, 4.69) is 22.0 Å². The molecule has 0 N–H and O–H groups in total. The zero-order chi connectivity index (χ0) is 29.1. The highest BCUT2D eigenvalue weighted by atomic mass is 32.2. The molecule has 40 heavy (non-hydrogen) atoms. The third-order valence-corrected chi connectivity index (χ3v) is 8.56. The number of aryl methyl sites for hydroxylation is 1. The number of unbranched alkanes of at least 4 members (excludes halogenated alkanes) is 17. The Labute approximate surface area is 248 Å². The Balaban J connectivity index is 1.55. The van der Waals surface area contributed by atoms with Gasteiger partial charge in [-0.3, -0.25) is 4.79 Å². The van der Waals surface area contributed by atoms with Crippen molar-refractivity contribution < 1.29 is 14.3 Å². The van der Waals surface area contributed by atoms with E-state index in [9.17, 15) is 4.79 Å². The topological polar surface area (TPSA) is 79.1 Å². The van der Waals surface area contributed by atoms with Crippen LogP contribution in [0, 0.1) is 0 Å². The molecule has 2 heterocycles. The summed E-state index contributed by atoms with van der Waals surface area (Å²) in [5.74, 6) is 0.383. The van der Waals surface area contributed by atoms with Crippen molar-refractivity contribution in [3.05, 3.63) is 6.33 Å². The standard InChI is InChI=1S/C32H56N4O3S/c1-6-8-9-10-11-12-13-14-15-16-17-18-19-20-21-22-23-24-25-39-30-28-27(35-36(30)5)29(34-26-33-28)40-32(3,4)31(37)38-7-2/h26H,6-25H2,1-5H3. The molecule has 0 amide bonds. The summed E-state index contributed by atoms with van der Waals surface area (Å²) in [6.45, 7) is 8.77. The van der Waals surface area contributed by atoms with Gasteiger partial charge in [-0.05, 0) is 27.2 Å². The van der Waals surface area contributed by atoms with Crippen LogP contribution in [0.25, 0.3) is 11.0 Å². The van der Waals surface area contributed by atoms with Gasteiger partial charge in [-0.25, -0.2) is 14.6 Å². The van der Waals surface area contributed by atoms with Gasteiger partial charge in [-0.15, -0.1) is 0 Å². The van der Waals surface area contributed by atoms with Crippen molar-refractivity contribution in [2.75, 3.05) is 13.2 Å². The van der Waals surface area contributed by atoms with Crippen molar-refractivity contribution in [2.45, 2.75) is 153 Å². The summed E-state index contributed by atoms with van der Waals surface area (Å²) in [6, 6.07) is 0. The molecule has 0 spiro atoms. The number of ether oxygens (including phenoxy) is 2. The summed E-state index contributed by atoms with van der Waals surface area (Å²) in [4.78, 5) is 21.2. The van der Waals surface area contributed by atoms with Crippen molar-refractivity contribution in [1.82, 2.24) is 19.7 Å². The molecule has 0 aromatic carbocycles. The first-order valence-electron chi connectivity index (χ1n) is 16.1. The quantitative estimate of drug-likeness (QED) is 0.0533. The van der Waals surface area contributed by atoms with Crippen LogP contribution in [-0.4, -0.2) is 43.7 Å². The van der Waals surface area contributed by atoms with Gasteiger partial charge in [0.1, 0.15) is 21.6 Å². The van der Waals surface area contributed by atoms with Crippen molar-refractivity contribution in [1.29, 1.82) is 0 Å². The summed E-state index contributed by atoms with van der Waals surface area (Å²) in [5.41, 5.74) is 1.34. The van der Waals surface area contributed by atoms with Gasteiger partial charge in [-0.1, -0.05) is 128 Å². The van der Waals surface area contributed by atoms with Crippen LogP contribution < -0.4 is 4.74 Å². The number of thioether (sulfide) groups is 1. The van der Waals surface area contributed by atoms with Gasteiger partial charge in [-0.2, -0.15) is 5.10 Å². The van der Waals surface area contributed by atoms with E-state index in [1.807, 2.05) is 27.8 Å². The molecule has 228 valence electrons. The molecular formula is C32H56N4O3S. The Bertz CT molecular complexity index is 963. The van der Waals surface area contributed by atoms with Crippen LogP contribution in [0.5, 0.6) is 5.88 Å². The van der Waals surface area contributed by atoms with Crippen LogP contribution in [0.3, 0.4) is 0 Å². The summed E-state index contributed by atoms with van der Waals surface area (Å²) in [7, 11) is 1.86. The van der Waals surface area contributed by atoms with Gasteiger partial charge in [0.05, 0.1) is 13.2 Å². The molecule has 2 aromatic heterocycles. The maximum Gasteiger partial charge on any atom is 0.322 e. The Morgan fingerprint density at radius 3 is 1.77 bits per heavy atom. The lowest BCUT2D eigenvalue weighted by atomic mass is 10.0. The molecule has 0 unspecified atom stereocenters. The van der Waals surface area contributed by atoms with Gasteiger partial charge in [0.15, 0.2) is 5.52 Å². The SMILES string of the molecule is CCCCCCCCCCCCCCCCCCCCOc1c2ncnc(SC(C)(C)C(=O)OCC)c2nn1C. The second-order valence-electron chi connectivity index (χ2n) is 11.5. The molecule has 0 bridgehead atoms. The number of rotatable bonds is 24. The minimum absolute atomic E-state index is 0.270. The average molecular weight is 577 g/mol. The normalized spacial score (nSPS) is 11.8. The Morgan fingerprint density at radius 1 is 0.775 bits per heavy atom. The fourth-order valence-electron chi connectivity index (χ4n) is 4.96. The summed E-state index contributed by atoms with van der Waals surface area (Å²) >= 11 is 1.34. The number of carbonyl (C=O) groups is 1. The van der Waals surface area contributed by atoms with Gasteiger partial charge < -0.3 is 9.47 Å². The van der Waals surface area contributed by atoms with E-state index >= 15 is 0 Å². The minimum atomic E-state index is -0.775. The molecule has 0 radical (unpaired) electrons. The maximum absolute atomic E-state index is 12.3. The fourth-order valence-corrected chi connectivity index (χ4v) is 5.91. The van der Waals surface area contributed by atoms with E-state index in [1.54, 1.807) is 4.68 Å². The van der Waals surface area contributed by atoms with E-state index in [4.69, 9.17) is 9.47 Å². The van der Waals surface area contributed by atoms with Crippen LogP contribution in [0.2, 0.25) is 0 Å². The number of hydrogen-bond acceptors (Lipinski definition) is 7. The van der Waals surface area contributed by atoms with Crippen LogP contribution >= 0.6 is 11.8 Å². The number of carbonyl (C=O) groups excluding carboxylic acids is 1. The maximum atomic E-state index is 12.3. The largest absolute Gasteiger partial charge is 0.476 e. The second kappa shape index (κ2) is 20.1. The third-order valence-electron chi connectivity index (χ3n) is 7.39. The molecule has 0 saturated heterocycles. The molecule has 2 aromatic rings. The van der Waals surface area contributed by atoms with Gasteiger partial charge in [0.2, 0.25) is 5.88 Å². The van der Waals surface area contributed by atoms with E-state index in [0.29, 0.717) is 35.2 Å². The minimum Gasteiger partial charge on any atom is -0.476 e. The first kappa shape index (κ1) is 34.4. The molecule has 0 aliphatic rings. The first-order valence-corrected chi connectivity index (χ1v) is 16.9. The predicted octanol–water partition coefficient (Wildman–Crippen LogP) is 9.22. The lowest BCUT2D eigenvalue weighted by Gasteiger charge is -2.20. The van der Waals surface area contributed by atoms with Crippen molar-refractivity contribution in [2.24, 2.45) is 7.05 Å². The summed E-state index contributed by atoms with van der Waals surface area (Å²) < 4.78 is 12.3. The highest BCUT2D eigenvalue weighted by Crippen LogP contribution is 2.37. The zero-order valence-corrected chi connectivity index (χ0v) is 27.0. The lowest BCUT2D eigenvalue weighted by Crippen LogP contribution is -2.30. The third kappa shape index (κ3) is 12.8. The van der Waals surface area contributed by atoms with E-state index < -0.39 is 4.75 Å². The smallest absolute Gasteiger partial charge is 0.322 e. The monoisotopic (exact) mass is 576 g/mol. The molecule has 2 rings (SSSR count). The van der Waals surface area contributed by atoms with Gasteiger partial charge in [0.25, 0.3) is 0 Å². The van der Waals surface area contributed by atoms with Crippen LogP contribution in [-0.2, 0) is 16.6 Å². The number of fused-ring (bicyclic) bond motifs is 1. The molecule has 0 atom stereocenters. The van der Waals surface area contributed by atoms with Crippen molar-refractivity contribution in [3.63, 3.8) is 0 Å². The fraction of sp³-hybridized carbons (Fsp3) is 0.812. The van der Waals surface area contributed by atoms with E-state index in [1.165, 1.54) is 127 Å². The first-order chi connectivity index (χ1) is 19.4. The van der Waals surface area contributed by atoms with Crippen molar-refractivity contribution in [3.8, 4) is 5.88 Å². The number of nitrogens with zero attached hydrogens (tertiary/aromatic N) is 4. The predicted molar refractivity (Wildman–Crippen MR) is 167 cm³/mol. The zero-order valence-electron chi connectivity index (χ0n) is 26.1. The van der Waals surface area contributed by atoms with Gasteiger partial charge in [0, 0.05) is 7.05 Å². The number of hydrogen-bond donors (Lipinski definition) is 0. The summed E-state index contributed by atoms with van der Waals surface area (Å²) in [5, 5.41) is 5.25. The Morgan fingerprint density at radius 2 is 1.27 bits per heavy atom. The van der Waals surface area contributed by atoms with Crippen LogP contribution in [0.15, 0.2) is 11.4 Å². The van der Waals surface area contributed by atoms with E-state index in [-0.39, 0.29) is 5.97 Å². The van der Waals surface area contributed by atoms with Gasteiger partial charge >= 0.3 is 5.97 Å². The van der Waals surface area contributed by atoms with Crippen molar-refractivity contribution >= 4 is 28.8 Å². The Hall–Kier alpha value is -1.83. The molecule has 0 aliphatic carbocycles. The Kier molecular flexibility index (Phi) is 17.3. The molecular weight excluding hydrogens is 520 g/mol. The second-order valence-corrected chi connectivity index (χ2v) is 13.1. The number of esters is 1. The molecule has 7 nitrogen and oxygen atoms in total. The van der Waals surface area contributed by atoms with E-state index in [0.717, 1.165) is 6.42 Å². The number of aromatic nitrogens is 4. The highest BCUT2D eigenvalue weighted by Gasteiger charge is 2.33. The average Bonchev–Trinajstić information content (AvgIpc) is 3.25. The van der Waals surface area contributed by atoms with Crippen LogP contribution in [0.4, 0.5) is 0 Å². The summed E-state index contributed by atoms with van der Waals surface area (Å²) in [6.07, 6.45) is 26.1. The van der Waals surface area contributed by atoms with Crippen LogP contribution in [0.1, 0.15) is 143 Å². The molecule has 0 saturated carbocycles. The molecule has 0 fully saturated rings. The molecule has 8 heteroatoms.